The van der Waals surface area contributed by atoms with Gasteiger partial charge in [0.25, 0.3) is 0 Å². The Labute approximate surface area is 222 Å². The number of rotatable bonds is 10. The molecule has 0 saturated carbocycles. The monoisotopic (exact) mass is 548 g/mol. The second kappa shape index (κ2) is 12.5. The lowest BCUT2D eigenvalue weighted by Crippen LogP contribution is -2.44. The van der Waals surface area contributed by atoms with E-state index in [-0.39, 0.29) is 42.0 Å². The van der Waals surface area contributed by atoms with Crippen molar-refractivity contribution in [2.24, 2.45) is 0 Å². The highest BCUT2D eigenvalue weighted by Gasteiger charge is 2.31. The molecule has 0 radical (unpaired) electrons. The van der Waals surface area contributed by atoms with Crippen LogP contribution in [0.25, 0.3) is 10.9 Å². The van der Waals surface area contributed by atoms with Gasteiger partial charge in [-0.3, -0.25) is 9.59 Å². The van der Waals surface area contributed by atoms with Crippen LogP contribution in [0.15, 0.2) is 53.3 Å². The molecule has 1 atom stereocenters. The van der Waals surface area contributed by atoms with E-state index in [1.165, 1.54) is 30.3 Å². The van der Waals surface area contributed by atoms with Gasteiger partial charge in [0.2, 0.25) is 11.5 Å². The molecule has 1 saturated heterocycles. The van der Waals surface area contributed by atoms with Crippen molar-refractivity contribution in [1.29, 1.82) is 0 Å². The lowest BCUT2D eigenvalue weighted by molar-refractivity contribution is -0.274. The van der Waals surface area contributed by atoms with Crippen molar-refractivity contribution in [1.82, 2.24) is 20.5 Å². The van der Waals surface area contributed by atoms with Gasteiger partial charge in [-0.05, 0) is 61.3 Å². The number of hydrogen-bond donors (Lipinski definition) is 5. The molecule has 9 nitrogen and oxygen atoms in total. The van der Waals surface area contributed by atoms with E-state index >= 15 is 0 Å². The van der Waals surface area contributed by atoms with Crippen LogP contribution in [0.2, 0.25) is 0 Å². The van der Waals surface area contributed by atoms with Gasteiger partial charge in [0.1, 0.15) is 11.5 Å². The van der Waals surface area contributed by atoms with Crippen molar-refractivity contribution in [2.45, 2.75) is 44.3 Å². The van der Waals surface area contributed by atoms with Crippen LogP contribution in [0.3, 0.4) is 0 Å². The number of nitrogens with one attached hydrogen (secondary N) is 3. The average Bonchev–Trinajstić information content (AvgIpc) is 2.89. The number of nitrogens with zero attached hydrogens (tertiary/aromatic N) is 1. The fourth-order valence-electron chi connectivity index (χ4n) is 4.70. The van der Waals surface area contributed by atoms with Crippen LogP contribution in [-0.2, 0) is 11.3 Å². The topological polar surface area (TPSA) is 127 Å². The molecule has 210 valence electrons. The first kappa shape index (κ1) is 28.4. The molecule has 1 aromatic heterocycles. The number of fused-ring (bicyclic) bond motifs is 1. The second-order valence-electron chi connectivity index (χ2n) is 9.55. The standard InChI is InChI=1S/C27H31F3N4O5/c28-27(29,30)39-19-3-1-2-17(14-19)15-32-24(37)10-13-34-11-8-18(9-12-34)31-16-23(36)20-4-6-22(35)26-21(20)5-7-25(38)33-26/h1-7,14,18,23,31,35-36H,8-13,15-16H2,(H,32,37)(H,33,38)/t23-/m0/s1. The van der Waals surface area contributed by atoms with Crippen LogP contribution in [-0.4, -0.2) is 64.6 Å². The number of aromatic nitrogens is 1. The summed E-state index contributed by atoms with van der Waals surface area (Å²) in [5, 5.41) is 27.5. The van der Waals surface area contributed by atoms with Gasteiger partial charge in [-0.1, -0.05) is 18.2 Å². The molecule has 2 aromatic carbocycles. The van der Waals surface area contributed by atoms with E-state index < -0.39 is 12.5 Å². The lowest BCUT2D eigenvalue weighted by Gasteiger charge is -2.32. The number of aliphatic hydroxyl groups is 1. The number of alkyl halides is 3. The number of hydrogen-bond acceptors (Lipinski definition) is 7. The first-order chi connectivity index (χ1) is 18.6. The number of aromatic hydroxyl groups is 1. The van der Waals surface area contributed by atoms with Gasteiger partial charge >= 0.3 is 6.36 Å². The summed E-state index contributed by atoms with van der Waals surface area (Å²) in [6.07, 6.45) is -3.66. The first-order valence-corrected chi connectivity index (χ1v) is 12.7. The number of H-pyrrole nitrogens is 1. The highest BCUT2D eigenvalue weighted by molar-refractivity contribution is 5.87. The van der Waals surface area contributed by atoms with Crippen LogP contribution in [0.5, 0.6) is 11.5 Å². The minimum Gasteiger partial charge on any atom is -0.506 e. The van der Waals surface area contributed by atoms with Gasteiger partial charge in [0.15, 0.2) is 0 Å². The largest absolute Gasteiger partial charge is 0.573 e. The quantitative estimate of drug-likeness (QED) is 0.264. The van der Waals surface area contributed by atoms with E-state index in [9.17, 15) is 33.0 Å². The number of aromatic amines is 1. The molecule has 0 aliphatic carbocycles. The molecule has 0 bridgehead atoms. The van der Waals surface area contributed by atoms with Crippen molar-refractivity contribution in [3.05, 3.63) is 70.0 Å². The minimum atomic E-state index is -4.77. The first-order valence-electron chi connectivity index (χ1n) is 12.7. The smallest absolute Gasteiger partial charge is 0.506 e. The number of amides is 1. The maximum Gasteiger partial charge on any atom is 0.573 e. The summed E-state index contributed by atoms with van der Waals surface area (Å²) < 4.78 is 41.1. The highest BCUT2D eigenvalue weighted by atomic mass is 19.4. The molecular formula is C27H31F3N4O5. The Morgan fingerprint density at radius 3 is 2.67 bits per heavy atom. The van der Waals surface area contributed by atoms with Crippen molar-refractivity contribution >= 4 is 16.8 Å². The number of carbonyl (C=O) groups is 1. The minimum absolute atomic E-state index is 0.0580. The Hall–Kier alpha value is -3.61. The van der Waals surface area contributed by atoms with Crippen molar-refractivity contribution in [2.75, 3.05) is 26.2 Å². The third-order valence-corrected chi connectivity index (χ3v) is 6.73. The molecule has 0 spiro atoms. The maximum absolute atomic E-state index is 12.4. The third-order valence-electron chi connectivity index (χ3n) is 6.73. The normalized spacial score (nSPS) is 15.8. The lowest BCUT2D eigenvalue weighted by atomic mass is 10.0. The number of pyridine rings is 1. The maximum atomic E-state index is 12.4. The molecule has 1 aliphatic heterocycles. The zero-order chi connectivity index (χ0) is 28.0. The molecule has 1 aliphatic rings. The molecule has 0 unspecified atom stereocenters. The second-order valence-corrected chi connectivity index (χ2v) is 9.55. The fourth-order valence-corrected chi connectivity index (χ4v) is 4.70. The Morgan fingerprint density at radius 2 is 1.92 bits per heavy atom. The molecule has 39 heavy (non-hydrogen) atoms. The summed E-state index contributed by atoms with van der Waals surface area (Å²) in [4.78, 5) is 28.6. The summed E-state index contributed by atoms with van der Waals surface area (Å²) in [6.45, 7) is 2.54. The Bertz CT molecular complexity index is 1340. The van der Waals surface area contributed by atoms with Crippen LogP contribution in [0.1, 0.15) is 36.5 Å². The Balaban J connectivity index is 1.17. The molecule has 1 fully saturated rings. The van der Waals surface area contributed by atoms with Crippen LogP contribution in [0, 0.1) is 0 Å². The van der Waals surface area contributed by atoms with Crippen LogP contribution in [0.4, 0.5) is 13.2 Å². The number of halogens is 3. The molecular weight excluding hydrogens is 517 g/mol. The van der Waals surface area contributed by atoms with Crippen molar-refractivity contribution in [3.63, 3.8) is 0 Å². The van der Waals surface area contributed by atoms with Crippen LogP contribution < -0.4 is 20.9 Å². The Kier molecular flexibility index (Phi) is 9.10. The highest BCUT2D eigenvalue weighted by Crippen LogP contribution is 2.29. The number of carbonyl (C=O) groups excluding carboxylic acids is 1. The van der Waals surface area contributed by atoms with Gasteiger partial charge in [-0.2, -0.15) is 0 Å². The fraction of sp³-hybridized carbons (Fsp3) is 0.407. The van der Waals surface area contributed by atoms with Crippen molar-refractivity contribution in [3.8, 4) is 11.5 Å². The van der Waals surface area contributed by atoms with Crippen molar-refractivity contribution < 1.29 is 32.9 Å². The molecule has 12 heteroatoms. The molecule has 3 aromatic rings. The SMILES string of the molecule is O=C(CCN1CCC(NC[C@H](O)c2ccc(O)c3[nH]c(=O)ccc23)CC1)NCc1cccc(OC(F)(F)F)c1. The number of benzene rings is 2. The van der Waals surface area contributed by atoms with E-state index in [1.807, 2.05) is 0 Å². The van der Waals surface area contributed by atoms with Gasteiger partial charge < -0.3 is 35.5 Å². The summed E-state index contributed by atoms with van der Waals surface area (Å²) in [5.74, 6) is -0.577. The summed E-state index contributed by atoms with van der Waals surface area (Å²) in [6, 6.07) is 11.7. The molecule has 1 amide bonds. The number of piperidine rings is 1. The average molecular weight is 549 g/mol. The predicted octanol–water partition coefficient (Wildman–Crippen LogP) is 2.93. The zero-order valence-electron chi connectivity index (χ0n) is 21.1. The van der Waals surface area contributed by atoms with Crippen LogP contribution >= 0.6 is 0 Å². The van der Waals surface area contributed by atoms with Gasteiger partial charge in [-0.15, -0.1) is 13.2 Å². The molecule has 4 rings (SSSR count). The summed E-state index contributed by atoms with van der Waals surface area (Å²) in [7, 11) is 0. The Morgan fingerprint density at radius 1 is 1.15 bits per heavy atom. The predicted molar refractivity (Wildman–Crippen MR) is 138 cm³/mol. The third kappa shape index (κ3) is 8.19. The number of likely N-dealkylation sites (tertiary alicyclic amines) is 1. The number of phenolic OH excluding ortho intramolecular Hbond substituents is 1. The molecule has 5 N–H and O–H groups in total. The van der Waals surface area contributed by atoms with E-state index in [0.717, 1.165) is 25.9 Å². The van der Waals surface area contributed by atoms with Gasteiger partial charge in [0.05, 0.1) is 11.6 Å². The van der Waals surface area contributed by atoms with E-state index in [4.69, 9.17) is 0 Å². The van der Waals surface area contributed by atoms with Gasteiger partial charge in [0, 0.05) is 43.5 Å². The number of ether oxygens (including phenoxy) is 1. The molecule has 2 heterocycles. The summed E-state index contributed by atoms with van der Waals surface area (Å²) >= 11 is 0. The van der Waals surface area contributed by atoms with E-state index in [1.54, 1.807) is 18.2 Å². The van der Waals surface area contributed by atoms with Gasteiger partial charge in [-0.25, -0.2) is 0 Å². The summed E-state index contributed by atoms with van der Waals surface area (Å²) in [5.41, 5.74) is 1.07. The number of aliphatic hydroxyl groups excluding tert-OH is 1. The number of phenols is 1. The zero-order valence-corrected chi connectivity index (χ0v) is 21.1. The van der Waals surface area contributed by atoms with E-state index in [2.05, 4.69) is 25.3 Å². The van der Waals surface area contributed by atoms with E-state index in [0.29, 0.717) is 35.1 Å².